The van der Waals surface area contributed by atoms with Crippen molar-refractivity contribution in [2.75, 3.05) is 26.5 Å². The van der Waals surface area contributed by atoms with Gasteiger partial charge in [0.1, 0.15) is 5.60 Å². The maximum Gasteiger partial charge on any atom is 0.514 e. The van der Waals surface area contributed by atoms with Gasteiger partial charge in [-0.2, -0.15) is 5.10 Å². The largest absolute Gasteiger partial charge is 0.514 e. The Labute approximate surface area is 204 Å². The van der Waals surface area contributed by atoms with Crippen molar-refractivity contribution in [2.45, 2.75) is 31.3 Å². The number of carbonyl (C=O) groups excluding carboxylic acids is 1. The lowest BCUT2D eigenvalue weighted by Gasteiger charge is -2.19. The Morgan fingerprint density at radius 1 is 1.12 bits per heavy atom. The average Bonchev–Trinajstić information content (AvgIpc) is 2.73. The zero-order valence-corrected chi connectivity index (χ0v) is 21.4. The summed E-state index contributed by atoms with van der Waals surface area (Å²) < 4.78 is 41.3. The number of sulfonamides is 1. The van der Waals surface area contributed by atoms with E-state index in [1.165, 1.54) is 39.6 Å². The fourth-order valence-electron chi connectivity index (χ4n) is 2.48. The summed E-state index contributed by atoms with van der Waals surface area (Å²) in [5.74, 6) is 0.515. The summed E-state index contributed by atoms with van der Waals surface area (Å²) in [6.07, 6.45) is 0.647. The second-order valence-corrected chi connectivity index (χ2v) is 10.7. The number of hydrogen-bond acceptors (Lipinski definition) is 8. The molecule has 0 amide bonds. The third kappa shape index (κ3) is 7.97. The van der Waals surface area contributed by atoms with E-state index in [0.717, 1.165) is 4.31 Å². The first-order valence-corrected chi connectivity index (χ1v) is 11.9. The summed E-state index contributed by atoms with van der Waals surface area (Å²) in [7, 11) is 0.798. The molecule has 2 aromatic rings. The van der Waals surface area contributed by atoms with Crippen LogP contribution >= 0.6 is 12.2 Å². The van der Waals surface area contributed by atoms with Crippen LogP contribution in [0.25, 0.3) is 0 Å². The van der Waals surface area contributed by atoms with Gasteiger partial charge in [-0.3, -0.25) is 5.43 Å². The molecule has 0 aliphatic carbocycles. The van der Waals surface area contributed by atoms with E-state index in [2.05, 4.69) is 15.8 Å². The molecule has 0 atom stereocenters. The normalized spacial score (nSPS) is 11.9. The van der Waals surface area contributed by atoms with Gasteiger partial charge in [0.15, 0.2) is 16.6 Å². The van der Waals surface area contributed by atoms with E-state index in [0.29, 0.717) is 17.0 Å². The van der Waals surface area contributed by atoms with Crippen LogP contribution in [0.1, 0.15) is 26.3 Å². The van der Waals surface area contributed by atoms with Crippen molar-refractivity contribution in [1.82, 2.24) is 9.73 Å². The lowest BCUT2D eigenvalue weighted by Crippen LogP contribution is -2.26. The minimum atomic E-state index is -3.57. The molecule has 0 spiro atoms. The molecule has 0 unspecified atom stereocenters. The first-order valence-electron chi connectivity index (χ1n) is 10.0. The van der Waals surface area contributed by atoms with E-state index in [1.807, 2.05) is 0 Å². The second-order valence-electron chi connectivity index (χ2n) is 8.12. The lowest BCUT2D eigenvalue weighted by atomic mass is 10.2. The number of nitrogens with zero attached hydrogens (tertiary/aromatic N) is 2. The fraction of sp³-hybridized carbons (Fsp3) is 0.318. The Morgan fingerprint density at radius 3 is 2.44 bits per heavy atom. The predicted molar refractivity (Wildman–Crippen MR) is 134 cm³/mol. The summed E-state index contributed by atoms with van der Waals surface area (Å²) >= 11 is 5.21. The van der Waals surface area contributed by atoms with Gasteiger partial charge in [0.2, 0.25) is 10.0 Å². The van der Waals surface area contributed by atoms with Gasteiger partial charge in [-0.15, -0.1) is 0 Å². The lowest BCUT2D eigenvalue weighted by molar-refractivity contribution is 0.0201. The molecule has 0 saturated carbocycles. The summed E-state index contributed by atoms with van der Waals surface area (Å²) in [6.45, 7) is 5.21. The van der Waals surface area contributed by atoms with Gasteiger partial charge >= 0.3 is 6.16 Å². The third-order valence-corrected chi connectivity index (χ3v) is 6.03. The number of benzene rings is 2. The Morgan fingerprint density at radius 2 is 1.82 bits per heavy atom. The highest BCUT2D eigenvalue weighted by molar-refractivity contribution is 7.89. The van der Waals surface area contributed by atoms with E-state index >= 15 is 0 Å². The molecule has 0 aliphatic heterocycles. The first kappa shape index (κ1) is 27.0. The van der Waals surface area contributed by atoms with Crippen molar-refractivity contribution in [2.24, 2.45) is 5.10 Å². The van der Waals surface area contributed by atoms with Crippen LogP contribution in [0.2, 0.25) is 0 Å². The molecular weight excluding hydrogens is 480 g/mol. The molecule has 0 fully saturated rings. The summed E-state index contributed by atoms with van der Waals surface area (Å²) in [5.41, 5.74) is 3.10. The fourth-order valence-corrected chi connectivity index (χ4v) is 3.60. The molecule has 10 nitrogen and oxygen atoms in total. The van der Waals surface area contributed by atoms with Gasteiger partial charge in [-0.25, -0.2) is 17.5 Å². The van der Waals surface area contributed by atoms with Crippen LogP contribution in [-0.4, -0.2) is 57.0 Å². The Kier molecular flexibility index (Phi) is 8.96. The van der Waals surface area contributed by atoms with Crippen LogP contribution in [0.3, 0.4) is 0 Å². The summed E-state index contributed by atoms with van der Waals surface area (Å²) in [6, 6.07) is 11.1. The van der Waals surface area contributed by atoms with Gasteiger partial charge in [-0.05, 0) is 75.0 Å². The van der Waals surface area contributed by atoms with Crippen molar-refractivity contribution in [3.8, 4) is 11.5 Å². The van der Waals surface area contributed by atoms with Gasteiger partial charge in [0, 0.05) is 19.8 Å². The number of hydrazone groups is 1. The Bertz CT molecular complexity index is 1170. The van der Waals surface area contributed by atoms with Crippen LogP contribution in [0.15, 0.2) is 52.5 Å². The zero-order valence-electron chi connectivity index (χ0n) is 19.8. The summed E-state index contributed by atoms with van der Waals surface area (Å²) in [5, 5.41) is 7.10. The molecular formula is C22H28N4O6S2. The third-order valence-electron chi connectivity index (χ3n) is 4.02. The first-order chi connectivity index (χ1) is 15.8. The number of rotatable bonds is 7. The SMILES string of the molecule is COc1cc(/C=N\NC(=S)Nc2cccc(S(=O)(=O)N(C)C)c2)ccc1OC(=O)OC(C)(C)C. The Hall–Kier alpha value is -3.22. The monoisotopic (exact) mass is 508 g/mol. The number of anilines is 1. The number of thiocarbonyl (C=S) groups is 1. The van der Waals surface area contributed by atoms with Crippen molar-refractivity contribution < 1.29 is 27.4 Å². The predicted octanol–water partition coefficient (Wildman–Crippen LogP) is 3.58. The Balaban J connectivity index is 2.01. The number of ether oxygens (including phenoxy) is 3. The average molecular weight is 509 g/mol. The minimum Gasteiger partial charge on any atom is -0.493 e. The van der Waals surface area contributed by atoms with E-state index in [9.17, 15) is 13.2 Å². The van der Waals surface area contributed by atoms with Crippen LogP contribution in [-0.2, 0) is 14.8 Å². The molecule has 0 radical (unpaired) electrons. The molecule has 34 heavy (non-hydrogen) atoms. The standard InChI is InChI=1S/C22H28N4O6S2/c1-22(2,3)32-21(27)31-18-11-10-15(12-19(18)30-6)14-23-25-20(33)24-16-8-7-9-17(13-16)34(28,29)26(4)5/h7-14H,1-6H3,(H2,24,25,33)/b23-14-. The molecule has 2 aromatic carbocycles. The quantitative estimate of drug-likeness (QED) is 0.190. The van der Waals surface area contributed by atoms with Gasteiger partial charge in [0.25, 0.3) is 0 Å². The minimum absolute atomic E-state index is 0.134. The van der Waals surface area contributed by atoms with E-state index in [-0.39, 0.29) is 15.8 Å². The van der Waals surface area contributed by atoms with E-state index in [1.54, 1.807) is 51.1 Å². The van der Waals surface area contributed by atoms with Crippen molar-refractivity contribution in [3.63, 3.8) is 0 Å². The second kappa shape index (κ2) is 11.3. The zero-order chi connectivity index (χ0) is 25.5. The van der Waals surface area contributed by atoms with Gasteiger partial charge in [0.05, 0.1) is 18.2 Å². The molecule has 184 valence electrons. The highest BCUT2D eigenvalue weighted by atomic mass is 32.2. The maximum absolute atomic E-state index is 12.3. The molecule has 0 aliphatic rings. The number of hydrogen-bond donors (Lipinski definition) is 2. The topological polar surface area (TPSA) is 119 Å². The van der Waals surface area contributed by atoms with Crippen LogP contribution in [0.4, 0.5) is 10.5 Å². The number of methoxy groups -OCH3 is 1. The molecule has 2 N–H and O–H groups in total. The van der Waals surface area contributed by atoms with Crippen molar-refractivity contribution >= 4 is 45.4 Å². The summed E-state index contributed by atoms with van der Waals surface area (Å²) in [4.78, 5) is 12.0. The molecule has 0 heterocycles. The van der Waals surface area contributed by atoms with E-state index in [4.69, 9.17) is 26.4 Å². The maximum atomic E-state index is 12.3. The molecule has 0 saturated heterocycles. The van der Waals surface area contributed by atoms with Gasteiger partial charge < -0.3 is 19.5 Å². The molecule has 0 bridgehead atoms. The number of carbonyl (C=O) groups is 1. The highest BCUT2D eigenvalue weighted by Gasteiger charge is 2.20. The van der Waals surface area contributed by atoms with Crippen molar-refractivity contribution in [1.29, 1.82) is 0 Å². The molecule has 12 heteroatoms. The number of nitrogens with one attached hydrogen (secondary N) is 2. The molecule has 0 aromatic heterocycles. The van der Waals surface area contributed by atoms with Crippen LogP contribution in [0.5, 0.6) is 11.5 Å². The van der Waals surface area contributed by atoms with E-state index < -0.39 is 21.8 Å². The van der Waals surface area contributed by atoms with Crippen molar-refractivity contribution in [3.05, 3.63) is 48.0 Å². The van der Waals surface area contributed by atoms with Crippen LogP contribution in [0, 0.1) is 0 Å². The highest BCUT2D eigenvalue weighted by Crippen LogP contribution is 2.28. The van der Waals surface area contributed by atoms with Crippen LogP contribution < -0.4 is 20.2 Å². The van der Waals surface area contributed by atoms with Gasteiger partial charge in [-0.1, -0.05) is 6.07 Å². The smallest absolute Gasteiger partial charge is 0.493 e. The molecule has 2 rings (SSSR count).